The van der Waals surface area contributed by atoms with Crippen LogP contribution in [0.25, 0.3) is 38.7 Å². The van der Waals surface area contributed by atoms with Crippen molar-refractivity contribution in [2.75, 3.05) is 20.0 Å². The number of allylic oxidation sites excluding steroid dienone is 4. The van der Waals surface area contributed by atoms with E-state index in [2.05, 4.69) is 61.5 Å². The second-order valence-electron chi connectivity index (χ2n) is 7.86. The minimum absolute atomic E-state index is 0.455. The number of hydrogen-bond acceptors (Lipinski definition) is 4. The summed E-state index contributed by atoms with van der Waals surface area (Å²) in [6.45, 7) is 4.13. The van der Waals surface area contributed by atoms with Crippen molar-refractivity contribution in [3.8, 4) is 33.9 Å². The summed E-state index contributed by atoms with van der Waals surface area (Å²) in [5.74, 6) is 1.74. The SMILES string of the molecule is CC=CC=C(C)c1cc(-c2ccccc2)cc(-c2cc3cc(OC)c(OC)cc3c(N)n2)c1. The van der Waals surface area contributed by atoms with Gasteiger partial charge in [0.25, 0.3) is 0 Å². The highest BCUT2D eigenvalue weighted by Crippen LogP contribution is 2.37. The van der Waals surface area contributed by atoms with Crippen molar-refractivity contribution in [3.05, 3.63) is 90.5 Å². The molecule has 33 heavy (non-hydrogen) atoms. The molecular formula is C29H28N2O2. The van der Waals surface area contributed by atoms with Crippen LogP contribution in [-0.2, 0) is 0 Å². The highest BCUT2D eigenvalue weighted by molar-refractivity contribution is 5.96. The molecule has 0 saturated carbocycles. The smallest absolute Gasteiger partial charge is 0.161 e. The summed E-state index contributed by atoms with van der Waals surface area (Å²) >= 11 is 0. The van der Waals surface area contributed by atoms with Gasteiger partial charge in [0.15, 0.2) is 11.5 Å². The van der Waals surface area contributed by atoms with Crippen LogP contribution in [0.5, 0.6) is 11.5 Å². The molecule has 0 aliphatic heterocycles. The molecule has 0 aliphatic carbocycles. The van der Waals surface area contributed by atoms with Crippen molar-refractivity contribution in [1.29, 1.82) is 0 Å². The van der Waals surface area contributed by atoms with Gasteiger partial charge in [0.2, 0.25) is 0 Å². The van der Waals surface area contributed by atoms with E-state index >= 15 is 0 Å². The van der Waals surface area contributed by atoms with Crippen LogP contribution in [0.3, 0.4) is 0 Å². The van der Waals surface area contributed by atoms with E-state index in [9.17, 15) is 0 Å². The molecule has 166 valence electrons. The van der Waals surface area contributed by atoms with Gasteiger partial charge in [-0.1, -0.05) is 48.6 Å². The predicted molar refractivity (Wildman–Crippen MR) is 139 cm³/mol. The Balaban J connectivity index is 1.93. The lowest BCUT2D eigenvalue weighted by Crippen LogP contribution is -1.97. The molecule has 0 amide bonds. The first kappa shape index (κ1) is 22.2. The molecule has 0 saturated heterocycles. The van der Waals surface area contributed by atoms with Gasteiger partial charge in [0.05, 0.1) is 19.9 Å². The number of ether oxygens (including phenoxy) is 2. The molecule has 4 rings (SSSR count). The number of anilines is 1. The topological polar surface area (TPSA) is 57.4 Å². The molecule has 4 aromatic rings. The van der Waals surface area contributed by atoms with Crippen molar-refractivity contribution in [1.82, 2.24) is 4.98 Å². The molecule has 0 fully saturated rings. The normalized spacial score (nSPS) is 11.8. The van der Waals surface area contributed by atoms with Crippen LogP contribution >= 0.6 is 0 Å². The van der Waals surface area contributed by atoms with Crippen LogP contribution in [0.4, 0.5) is 5.82 Å². The van der Waals surface area contributed by atoms with Crippen LogP contribution < -0.4 is 15.2 Å². The number of pyridine rings is 1. The Hall–Kier alpha value is -4.05. The second kappa shape index (κ2) is 9.61. The quantitative estimate of drug-likeness (QED) is 0.326. The Bertz CT molecular complexity index is 1360. The fourth-order valence-electron chi connectivity index (χ4n) is 3.89. The zero-order valence-electron chi connectivity index (χ0n) is 19.4. The standard InChI is InChI=1S/C29H28N2O2/c1-5-6-10-19(2)21-13-22(20-11-8-7-9-12-20)15-24(14-21)26-16-23-17-27(32-3)28(33-4)18-25(23)29(30)31-26/h5-18H,1-4H3,(H2,30,31). The third kappa shape index (κ3) is 4.60. The van der Waals surface area contributed by atoms with Crippen LogP contribution in [0.15, 0.2) is 85.0 Å². The Labute approximate surface area is 195 Å². The molecule has 4 nitrogen and oxygen atoms in total. The highest BCUT2D eigenvalue weighted by Gasteiger charge is 2.13. The zero-order valence-corrected chi connectivity index (χ0v) is 19.4. The van der Waals surface area contributed by atoms with Crippen LogP contribution in [-0.4, -0.2) is 19.2 Å². The number of fused-ring (bicyclic) bond motifs is 1. The maximum absolute atomic E-state index is 6.39. The number of rotatable bonds is 6. The number of hydrogen-bond donors (Lipinski definition) is 1. The first-order valence-electron chi connectivity index (χ1n) is 10.9. The van der Waals surface area contributed by atoms with E-state index in [0.29, 0.717) is 17.3 Å². The van der Waals surface area contributed by atoms with Crippen molar-refractivity contribution in [3.63, 3.8) is 0 Å². The lowest BCUT2D eigenvalue weighted by molar-refractivity contribution is 0.356. The number of benzene rings is 3. The minimum Gasteiger partial charge on any atom is -0.493 e. The average Bonchev–Trinajstić information content (AvgIpc) is 2.86. The maximum atomic E-state index is 6.39. The average molecular weight is 437 g/mol. The number of nitrogen functional groups attached to an aromatic ring is 1. The third-order valence-corrected chi connectivity index (χ3v) is 5.69. The molecule has 4 heteroatoms. The van der Waals surface area contributed by atoms with E-state index in [1.807, 2.05) is 37.3 Å². The molecule has 0 bridgehead atoms. The summed E-state index contributed by atoms with van der Waals surface area (Å²) in [6.07, 6.45) is 6.20. The molecule has 1 heterocycles. The Kier molecular flexibility index (Phi) is 6.45. The van der Waals surface area contributed by atoms with Crippen molar-refractivity contribution in [2.45, 2.75) is 13.8 Å². The van der Waals surface area contributed by atoms with Crippen LogP contribution in [0.2, 0.25) is 0 Å². The van der Waals surface area contributed by atoms with Crippen molar-refractivity contribution in [2.24, 2.45) is 0 Å². The summed E-state index contributed by atoms with van der Waals surface area (Å²) in [5.41, 5.74) is 12.8. The largest absolute Gasteiger partial charge is 0.493 e. The first-order chi connectivity index (χ1) is 16.0. The lowest BCUT2D eigenvalue weighted by Gasteiger charge is -2.14. The van der Waals surface area contributed by atoms with E-state index < -0.39 is 0 Å². The molecule has 1 aromatic heterocycles. The molecule has 2 N–H and O–H groups in total. The molecule has 3 aromatic carbocycles. The van der Waals surface area contributed by atoms with Gasteiger partial charge in [-0.3, -0.25) is 0 Å². The van der Waals surface area contributed by atoms with Gasteiger partial charge < -0.3 is 15.2 Å². The third-order valence-electron chi connectivity index (χ3n) is 5.69. The van der Waals surface area contributed by atoms with E-state index in [-0.39, 0.29) is 0 Å². The number of nitrogens with two attached hydrogens (primary N) is 1. The van der Waals surface area contributed by atoms with E-state index in [4.69, 9.17) is 20.2 Å². The summed E-state index contributed by atoms with van der Waals surface area (Å²) < 4.78 is 10.9. The van der Waals surface area contributed by atoms with Crippen LogP contribution in [0, 0.1) is 0 Å². The monoisotopic (exact) mass is 436 g/mol. The second-order valence-corrected chi connectivity index (χ2v) is 7.86. The molecule has 0 aliphatic rings. The van der Waals surface area contributed by atoms with Gasteiger partial charge in [-0.15, -0.1) is 0 Å². The molecule has 0 radical (unpaired) electrons. The lowest BCUT2D eigenvalue weighted by atomic mass is 9.94. The summed E-state index contributed by atoms with van der Waals surface area (Å²) in [7, 11) is 3.24. The Morgan fingerprint density at radius 3 is 2.24 bits per heavy atom. The molecule has 0 unspecified atom stereocenters. The summed E-state index contributed by atoms with van der Waals surface area (Å²) in [6, 6.07) is 22.8. The van der Waals surface area contributed by atoms with E-state index in [0.717, 1.165) is 38.7 Å². The Morgan fingerprint density at radius 2 is 1.55 bits per heavy atom. The first-order valence-corrected chi connectivity index (χ1v) is 10.9. The number of aromatic nitrogens is 1. The summed E-state index contributed by atoms with van der Waals surface area (Å²) in [5, 5.41) is 1.78. The number of methoxy groups -OCH3 is 2. The Morgan fingerprint density at radius 1 is 0.848 bits per heavy atom. The minimum atomic E-state index is 0.455. The van der Waals surface area contributed by atoms with Gasteiger partial charge in [-0.2, -0.15) is 0 Å². The predicted octanol–water partition coefficient (Wildman–Crippen LogP) is 7.15. The van der Waals surface area contributed by atoms with E-state index in [1.165, 1.54) is 5.57 Å². The van der Waals surface area contributed by atoms with Gasteiger partial charge in [0.1, 0.15) is 5.82 Å². The fourth-order valence-corrected chi connectivity index (χ4v) is 3.89. The summed E-state index contributed by atoms with van der Waals surface area (Å²) in [4.78, 5) is 4.75. The molecule has 0 atom stereocenters. The van der Waals surface area contributed by atoms with Gasteiger partial charge >= 0.3 is 0 Å². The molecular weight excluding hydrogens is 408 g/mol. The maximum Gasteiger partial charge on any atom is 0.161 e. The number of nitrogens with zero attached hydrogens (tertiary/aromatic N) is 1. The fraction of sp³-hybridized carbons (Fsp3) is 0.138. The zero-order chi connectivity index (χ0) is 23.4. The van der Waals surface area contributed by atoms with Crippen molar-refractivity contribution < 1.29 is 9.47 Å². The molecule has 0 spiro atoms. The van der Waals surface area contributed by atoms with Gasteiger partial charge in [-0.25, -0.2) is 4.98 Å². The van der Waals surface area contributed by atoms with Crippen LogP contribution in [0.1, 0.15) is 19.4 Å². The van der Waals surface area contributed by atoms with E-state index in [1.54, 1.807) is 14.2 Å². The van der Waals surface area contributed by atoms with Gasteiger partial charge in [-0.05, 0) is 77.9 Å². The van der Waals surface area contributed by atoms with Crippen molar-refractivity contribution >= 4 is 22.2 Å². The van der Waals surface area contributed by atoms with Gasteiger partial charge in [0, 0.05) is 10.9 Å². The highest BCUT2D eigenvalue weighted by atomic mass is 16.5.